The van der Waals surface area contributed by atoms with Crippen LogP contribution in [-0.2, 0) is 4.79 Å². The van der Waals surface area contributed by atoms with Crippen LogP contribution >= 0.6 is 15.9 Å². The van der Waals surface area contributed by atoms with Crippen molar-refractivity contribution in [2.24, 2.45) is 0 Å². The van der Waals surface area contributed by atoms with Gasteiger partial charge < -0.3 is 10.6 Å². The van der Waals surface area contributed by atoms with Crippen LogP contribution in [0.5, 0.6) is 0 Å². The second-order valence-electron chi connectivity index (χ2n) is 4.18. The summed E-state index contributed by atoms with van der Waals surface area (Å²) in [6.07, 6.45) is 4.12. The quantitative estimate of drug-likeness (QED) is 0.807. The van der Waals surface area contributed by atoms with Crippen molar-refractivity contribution < 1.29 is 9.59 Å². The third-order valence-electron chi connectivity index (χ3n) is 2.83. The number of aromatic nitrogens is 1. The van der Waals surface area contributed by atoms with E-state index >= 15 is 0 Å². The number of carbonyl (C=O) groups excluding carboxylic acids is 2. The van der Waals surface area contributed by atoms with Gasteiger partial charge in [-0.05, 0) is 47.3 Å². The van der Waals surface area contributed by atoms with Gasteiger partial charge in [0.1, 0.15) is 10.6 Å². The Morgan fingerprint density at radius 2 is 2.33 bits per heavy atom. The van der Waals surface area contributed by atoms with Crippen molar-refractivity contribution in [1.82, 2.24) is 15.6 Å². The Labute approximate surface area is 113 Å². The summed E-state index contributed by atoms with van der Waals surface area (Å²) in [4.78, 5) is 27.6. The third kappa shape index (κ3) is 3.29. The fourth-order valence-electron chi connectivity index (χ4n) is 1.86. The molecule has 1 aromatic rings. The van der Waals surface area contributed by atoms with E-state index in [1.807, 2.05) is 0 Å². The minimum Gasteiger partial charge on any atom is -0.354 e. The number of amides is 2. The van der Waals surface area contributed by atoms with Gasteiger partial charge in [0.05, 0.1) is 0 Å². The van der Waals surface area contributed by atoms with Gasteiger partial charge in [0, 0.05) is 18.3 Å². The van der Waals surface area contributed by atoms with E-state index < -0.39 is 6.04 Å². The molecule has 0 bridgehead atoms. The van der Waals surface area contributed by atoms with Crippen LogP contribution in [0.1, 0.15) is 29.6 Å². The number of hydrogen-bond donors (Lipinski definition) is 2. The summed E-state index contributed by atoms with van der Waals surface area (Å²) >= 11 is 3.21. The molecule has 6 heteroatoms. The minimum atomic E-state index is -0.438. The molecular weight excluding hydrogens is 298 g/mol. The van der Waals surface area contributed by atoms with Crippen molar-refractivity contribution in [3.05, 3.63) is 28.5 Å². The Balaban J connectivity index is 2.04. The standard InChI is InChI=1S/C12H14BrN3O2/c13-10-7-8(4-6-14-10)11(17)16-9-3-1-2-5-15-12(9)18/h4,6-7,9H,1-3,5H2,(H,15,18)(H,16,17). The molecule has 1 aliphatic rings. The van der Waals surface area contributed by atoms with E-state index in [2.05, 4.69) is 31.5 Å². The van der Waals surface area contributed by atoms with E-state index in [1.165, 1.54) is 0 Å². The highest BCUT2D eigenvalue weighted by atomic mass is 79.9. The van der Waals surface area contributed by atoms with E-state index in [1.54, 1.807) is 18.3 Å². The lowest BCUT2D eigenvalue weighted by Crippen LogP contribution is -2.45. The van der Waals surface area contributed by atoms with Crippen LogP contribution in [-0.4, -0.2) is 29.4 Å². The molecule has 18 heavy (non-hydrogen) atoms. The smallest absolute Gasteiger partial charge is 0.252 e. The molecule has 1 unspecified atom stereocenters. The molecule has 1 atom stereocenters. The van der Waals surface area contributed by atoms with Crippen LogP contribution in [0, 0.1) is 0 Å². The molecule has 1 aliphatic heterocycles. The van der Waals surface area contributed by atoms with Crippen LogP contribution in [0.4, 0.5) is 0 Å². The van der Waals surface area contributed by atoms with Crippen LogP contribution in [0.2, 0.25) is 0 Å². The third-order valence-corrected chi connectivity index (χ3v) is 3.26. The van der Waals surface area contributed by atoms with E-state index in [9.17, 15) is 9.59 Å². The van der Waals surface area contributed by atoms with Gasteiger partial charge in [-0.2, -0.15) is 0 Å². The SMILES string of the molecule is O=C(NC1CCCCNC1=O)c1ccnc(Br)c1. The highest BCUT2D eigenvalue weighted by Crippen LogP contribution is 2.10. The van der Waals surface area contributed by atoms with Crippen LogP contribution in [0.15, 0.2) is 22.9 Å². The topological polar surface area (TPSA) is 71.1 Å². The van der Waals surface area contributed by atoms with Crippen LogP contribution in [0.3, 0.4) is 0 Å². The highest BCUT2D eigenvalue weighted by Gasteiger charge is 2.22. The lowest BCUT2D eigenvalue weighted by Gasteiger charge is -2.15. The molecule has 2 rings (SSSR count). The predicted octanol–water partition coefficient (Wildman–Crippen LogP) is 1.24. The fourth-order valence-corrected chi connectivity index (χ4v) is 2.23. The number of nitrogens with zero attached hydrogens (tertiary/aromatic N) is 1. The molecule has 0 saturated carbocycles. The van der Waals surface area contributed by atoms with Crippen molar-refractivity contribution in [2.45, 2.75) is 25.3 Å². The van der Waals surface area contributed by atoms with Gasteiger partial charge >= 0.3 is 0 Å². The van der Waals surface area contributed by atoms with Crippen LogP contribution in [0.25, 0.3) is 0 Å². The maximum absolute atomic E-state index is 12.0. The minimum absolute atomic E-state index is 0.103. The first-order valence-corrected chi connectivity index (χ1v) is 6.66. The molecular formula is C12H14BrN3O2. The van der Waals surface area contributed by atoms with Crippen molar-refractivity contribution in [3.8, 4) is 0 Å². The summed E-state index contributed by atoms with van der Waals surface area (Å²) in [5.41, 5.74) is 0.494. The number of halogens is 1. The Hall–Kier alpha value is -1.43. The van der Waals surface area contributed by atoms with Crippen molar-refractivity contribution >= 4 is 27.7 Å². The van der Waals surface area contributed by atoms with E-state index in [4.69, 9.17) is 0 Å². The number of pyridine rings is 1. The second kappa shape index (κ2) is 5.95. The monoisotopic (exact) mass is 311 g/mol. The normalized spacial score (nSPS) is 19.8. The van der Waals surface area contributed by atoms with Crippen LogP contribution < -0.4 is 10.6 Å². The van der Waals surface area contributed by atoms with Gasteiger partial charge in [0.2, 0.25) is 5.91 Å². The summed E-state index contributed by atoms with van der Waals surface area (Å²) < 4.78 is 0.598. The summed E-state index contributed by atoms with van der Waals surface area (Å²) in [5, 5.41) is 5.54. The molecule has 1 fully saturated rings. The number of rotatable bonds is 2. The average Bonchev–Trinajstić information content (AvgIpc) is 2.55. The first-order chi connectivity index (χ1) is 8.66. The summed E-state index contributed by atoms with van der Waals surface area (Å²) in [7, 11) is 0. The predicted molar refractivity (Wildman–Crippen MR) is 70.1 cm³/mol. The summed E-state index contributed by atoms with van der Waals surface area (Å²) in [6.45, 7) is 0.687. The van der Waals surface area contributed by atoms with Crippen molar-refractivity contribution in [2.75, 3.05) is 6.54 Å². The number of nitrogens with one attached hydrogen (secondary N) is 2. The maximum atomic E-state index is 12.0. The molecule has 2 N–H and O–H groups in total. The molecule has 2 heterocycles. The van der Waals surface area contributed by atoms with Gasteiger partial charge in [-0.3, -0.25) is 9.59 Å². The van der Waals surface area contributed by atoms with Gasteiger partial charge in [-0.1, -0.05) is 0 Å². The molecule has 5 nitrogen and oxygen atoms in total. The maximum Gasteiger partial charge on any atom is 0.252 e. The average molecular weight is 312 g/mol. The molecule has 1 aromatic heterocycles. The van der Waals surface area contributed by atoms with Gasteiger partial charge in [-0.25, -0.2) is 4.98 Å². The first kappa shape index (κ1) is 13.0. The zero-order valence-electron chi connectivity index (χ0n) is 9.78. The molecule has 0 radical (unpaired) electrons. The van der Waals surface area contributed by atoms with Gasteiger partial charge in [0.25, 0.3) is 5.91 Å². The molecule has 2 amide bonds. The number of hydrogen-bond acceptors (Lipinski definition) is 3. The lowest BCUT2D eigenvalue weighted by atomic mass is 10.1. The zero-order valence-corrected chi connectivity index (χ0v) is 11.4. The largest absolute Gasteiger partial charge is 0.354 e. The van der Waals surface area contributed by atoms with Crippen molar-refractivity contribution in [1.29, 1.82) is 0 Å². The first-order valence-electron chi connectivity index (χ1n) is 5.87. The fraction of sp³-hybridized carbons (Fsp3) is 0.417. The Bertz CT molecular complexity index is 464. The number of carbonyl (C=O) groups is 2. The summed E-state index contributed by atoms with van der Waals surface area (Å²) in [6, 6.07) is 2.81. The molecule has 0 spiro atoms. The highest BCUT2D eigenvalue weighted by molar-refractivity contribution is 9.10. The van der Waals surface area contributed by atoms with Gasteiger partial charge in [0.15, 0.2) is 0 Å². The molecule has 1 saturated heterocycles. The Morgan fingerprint density at radius 3 is 3.11 bits per heavy atom. The zero-order chi connectivity index (χ0) is 13.0. The van der Waals surface area contributed by atoms with Gasteiger partial charge in [-0.15, -0.1) is 0 Å². The lowest BCUT2D eigenvalue weighted by molar-refractivity contribution is -0.122. The van der Waals surface area contributed by atoms with Crippen molar-refractivity contribution in [3.63, 3.8) is 0 Å². The Morgan fingerprint density at radius 1 is 1.50 bits per heavy atom. The van der Waals surface area contributed by atoms with E-state index in [-0.39, 0.29) is 11.8 Å². The second-order valence-corrected chi connectivity index (χ2v) is 4.99. The van der Waals surface area contributed by atoms with E-state index in [0.717, 1.165) is 12.8 Å². The molecule has 0 aromatic carbocycles. The Kier molecular flexibility index (Phi) is 4.30. The summed E-state index contributed by atoms with van der Waals surface area (Å²) in [5.74, 6) is -0.353. The molecule has 96 valence electrons. The van der Waals surface area contributed by atoms with E-state index in [0.29, 0.717) is 23.1 Å². The molecule has 0 aliphatic carbocycles.